The van der Waals surface area contributed by atoms with Crippen LogP contribution in [0.4, 0.5) is 18.9 Å². The van der Waals surface area contributed by atoms with E-state index in [4.69, 9.17) is 0 Å². The Morgan fingerprint density at radius 2 is 1.97 bits per heavy atom. The van der Waals surface area contributed by atoms with Gasteiger partial charge in [0.2, 0.25) is 5.91 Å². The summed E-state index contributed by atoms with van der Waals surface area (Å²) < 4.78 is 40.2. The smallest absolute Gasteiger partial charge is 0.324 e. The fraction of sp³-hybridized carbons (Fsp3) is 0.158. The molecule has 0 atom stereocenters. The molecule has 4 rings (SSSR count). The Bertz CT molecular complexity index is 1310. The zero-order chi connectivity index (χ0) is 20.8. The minimum Gasteiger partial charge on any atom is -0.324 e. The van der Waals surface area contributed by atoms with Crippen LogP contribution in [-0.4, -0.2) is 31.8 Å². The molecule has 1 amide bonds. The molecule has 2 N–H and O–H groups in total. The summed E-state index contributed by atoms with van der Waals surface area (Å²) in [6.07, 6.45) is -0.411. The van der Waals surface area contributed by atoms with E-state index in [2.05, 4.69) is 20.5 Å². The minimum absolute atomic E-state index is 0. The summed E-state index contributed by atoms with van der Waals surface area (Å²) in [5.74, 6) is -0.312. The number of alkyl halides is 3. The lowest BCUT2D eigenvalue weighted by molar-refractivity contribution is -0.140. The van der Waals surface area contributed by atoms with Crippen LogP contribution in [0.25, 0.3) is 32.9 Å². The number of halogens is 4. The molecule has 0 bridgehead atoms. The van der Waals surface area contributed by atoms with Gasteiger partial charge in [0.1, 0.15) is 6.54 Å². The summed E-state index contributed by atoms with van der Waals surface area (Å²) in [4.78, 5) is 28.1. The lowest BCUT2D eigenvalue weighted by Gasteiger charge is -2.15. The molecule has 0 saturated carbocycles. The number of H-pyrrole nitrogens is 1. The molecular formula is C19H15ClF3N5O2. The molecule has 1 aromatic carbocycles. The second kappa shape index (κ2) is 7.79. The van der Waals surface area contributed by atoms with Crippen LogP contribution in [0.15, 0.2) is 47.7 Å². The van der Waals surface area contributed by atoms with Crippen molar-refractivity contribution in [1.29, 1.82) is 0 Å². The van der Waals surface area contributed by atoms with Crippen molar-refractivity contribution < 1.29 is 18.0 Å². The van der Waals surface area contributed by atoms with Gasteiger partial charge < -0.3 is 5.32 Å². The van der Waals surface area contributed by atoms with Crippen molar-refractivity contribution in [2.24, 2.45) is 0 Å². The largest absolute Gasteiger partial charge is 0.406 e. The molecule has 0 spiro atoms. The average molecular weight is 438 g/mol. The number of hydrogen-bond donors (Lipinski definition) is 2. The number of nitrogens with one attached hydrogen (secondary N) is 2. The number of carbonyl (C=O) groups excluding carboxylic acids is 1. The molecule has 7 nitrogen and oxygen atoms in total. The summed E-state index contributed by atoms with van der Waals surface area (Å²) in [5.41, 5.74) is 1.18. The minimum atomic E-state index is -4.58. The Balaban J connectivity index is 0.00000256. The molecule has 0 unspecified atom stereocenters. The van der Waals surface area contributed by atoms with E-state index in [1.165, 1.54) is 31.6 Å². The molecular weight excluding hydrogens is 423 g/mol. The second-order valence-electron chi connectivity index (χ2n) is 6.50. The molecule has 11 heteroatoms. The maximum absolute atomic E-state index is 13.2. The number of pyridine rings is 2. The third-order valence-corrected chi connectivity index (χ3v) is 4.45. The zero-order valence-corrected chi connectivity index (χ0v) is 16.3. The van der Waals surface area contributed by atoms with Crippen molar-refractivity contribution in [2.75, 3.05) is 5.32 Å². The van der Waals surface area contributed by atoms with Crippen molar-refractivity contribution in [1.82, 2.24) is 19.7 Å². The highest BCUT2D eigenvalue weighted by molar-refractivity contribution is 6.04. The number of aromatic amines is 1. The van der Waals surface area contributed by atoms with Gasteiger partial charge in [0.05, 0.1) is 34.5 Å². The van der Waals surface area contributed by atoms with Crippen LogP contribution in [0.2, 0.25) is 0 Å². The Hall–Kier alpha value is -3.40. The molecule has 0 saturated heterocycles. The molecule has 0 fully saturated rings. The van der Waals surface area contributed by atoms with Crippen molar-refractivity contribution in [3.05, 3.63) is 53.2 Å². The van der Waals surface area contributed by atoms with Crippen LogP contribution < -0.4 is 10.9 Å². The first-order valence-corrected chi connectivity index (χ1v) is 8.53. The fourth-order valence-electron chi connectivity index (χ4n) is 3.31. The van der Waals surface area contributed by atoms with Crippen molar-refractivity contribution >= 4 is 45.8 Å². The van der Waals surface area contributed by atoms with E-state index in [1.54, 1.807) is 18.2 Å². The third-order valence-electron chi connectivity index (χ3n) is 4.45. The topological polar surface area (TPSA) is 92.7 Å². The van der Waals surface area contributed by atoms with E-state index in [9.17, 15) is 22.8 Å². The molecule has 0 aliphatic heterocycles. The van der Waals surface area contributed by atoms with Gasteiger partial charge in [-0.3, -0.25) is 24.2 Å². The number of carbonyl (C=O) groups is 1. The van der Waals surface area contributed by atoms with Gasteiger partial charge in [-0.1, -0.05) is 12.1 Å². The SMILES string of the molecule is CC(=O)Nc1cnccc1-c1ccc2c3[nH]ncc3c(=O)n(CC(F)(F)F)c2c1.Cl. The van der Waals surface area contributed by atoms with Gasteiger partial charge in [-0.25, -0.2) is 0 Å². The molecule has 30 heavy (non-hydrogen) atoms. The van der Waals surface area contributed by atoms with E-state index in [0.29, 0.717) is 32.3 Å². The van der Waals surface area contributed by atoms with Crippen LogP contribution in [0, 0.1) is 0 Å². The maximum Gasteiger partial charge on any atom is 0.406 e. The number of anilines is 1. The zero-order valence-electron chi connectivity index (χ0n) is 15.4. The van der Waals surface area contributed by atoms with Crippen LogP contribution in [-0.2, 0) is 11.3 Å². The second-order valence-corrected chi connectivity index (χ2v) is 6.50. The number of fused-ring (bicyclic) bond motifs is 3. The van der Waals surface area contributed by atoms with E-state index in [-0.39, 0.29) is 29.2 Å². The summed E-state index contributed by atoms with van der Waals surface area (Å²) in [6.45, 7) is -0.0884. The van der Waals surface area contributed by atoms with Crippen LogP contribution in [0.5, 0.6) is 0 Å². The summed E-state index contributed by atoms with van der Waals surface area (Å²) in [6, 6.07) is 6.44. The number of benzene rings is 1. The molecule has 3 aromatic heterocycles. The average Bonchev–Trinajstić information content (AvgIpc) is 3.14. The van der Waals surface area contributed by atoms with E-state index >= 15 is 0 Å². The molecule has 0 aliphatic rings. The Kier molecular flexibility index (Phi) is 5.53. The number of hydrogen-bond acceptors (Lipinski definition) is 4. The molecule has 156 valence electrons. The Labute approximate surface area is 173 Å². The number of nitrogens with zero attached hydrogens (tertiary/aromatic N) is 3. The fourth-order valence-corrected chi connectivity index (χ4v) is 3.31. The molecule has 0 radical (unpaired) electrons. The first-order chi connectivity index (χ1) is 13.7. The van der Waals surface area contributed by atoms with E-state index in [1.807, 2.05) is 0 Å². The van der Waals surface area contributed by atoms with Crippen LogP contribution in [0.1, 0.15) is 6.92 Å². The number of aromatic nitrogens is 4. The lowest BCUT2D eigenvalue weighted by atomic mass is 10.0. The molecule has 3 heterocycles. The Morgan fingerprint density at radius 3 is 2.67 bits per heavy atom. The predicted molar refractivity (Wildman–Crippen MR) is 109 cm³/mol. The van der Waals surface area contributed by atoms with E-state index < -0.39 is 18.3 Å². The van der Waals surface area contributed by atoms with Crippen molar-refractivity contribution in [2.45, 2.75) is 19.6 Å². The number of amides is 1. The van der Waals surface area contributed by atoms with Gasteiger partial charge in [0, 0.05) is 24.1 Å². The first-order valence-electron chi connectivity index (χ1n) is 8.53. The highest BCUT2D eigenvalue weighted by atomic mass is 35.5. The first kappa shape index (κ1) is 21.3. The van der Waals surface area contributed by atoms with Gasteiger partial charge in [0.15, 0.2) is 0 Å². The monoisotopic (exact) mass is 437 g/mol. The predicted octanol–water partition coefficient (Wildman–Crippen LogP) is 3.88. The van der Waals surface area contributed by atoms with Crippen LogP contribution >= 0.6 is 12.4 Å². The quantitative estimate of drug-likeness (QED) is 0.508. The number of rotatable bonds is 3. The maximum atomic E-state index is 13.2. The van der Waals surface area contributed by atoms with E-state index in [0.717, 1.165) is 0 Å². The summed E-state index contributed by atoms with van der Waals surface area (Å²) in [5, 5.41) is 9.64. The normalized spacial score (nSPS) is 11.5. The molecule has 0 aliphatic carbocycles. The highest BCUT2D eigenvalue weighted by Crippen LogP contribution is 2.32. The summed E-state index contributed by atoms with van der Waals surface area (Å²) in [7, 11) is 0. The van der Waals surface area contributed by atoms with Gasteiger partial charge in [-0.15, -0.1) is 12.4 Å². The van der Waals surface area contributed by atoms with Crippen molar-refractivity contribution in [3.8, 4) is 11.1 Å². The van der Waals surface area contributed by atoms with Gasteiger partial charge in [0.25, 0.3) is 5.56 Å². The van der Waals surface area contributed by atoms with Crippen LogP contribution in [0.3, 0.4) is 0 Å². The lowest BCUT2D eigenvalue weighted by Crippen LogP contribution is -2.28. The molecule has 4 aromatic rings. The summed E-state index contributed by atoms with van der Waals surface area (Å²) >= 11 is 0. The van der Waals surface area contributed by atoms with Gasteiger partial charge in [-0.2, -0.15) is 18.3 Å². The van der Waals surface area contributed by atoms with Gasteiger partial charge >= 0.3 is 6.18 Å². The van der Waals surface area contributed by atoms with Gasteiger partial charge in [-0.05, 0) is 17.7 Å². The standard InChI is InChI=1S/C19H14F3N5O2.ClH/c1-10(28)25-15-8-23-5-4-12(15)11-2-3-13-16(6-11)27(9-19(20,21)22)18(29)14-7-24-26-17(13)14;/h2-8H,9H2,1H3,(H,24,26)(H,25,28);1H. The van der Waals surface area contributed by atoms with Crippen molar-refractivity contribution in [3.63, 3.8) is 0 Å². The Morgan fingerprint density at radius 1 is 1.20 bits per heavy atom. The third kappa shape index (κ3) is 3.86. The highest BCUT2D eigenvalue weighted by Gasteiger charge is 2.30.